The molecule has 2 rings (SSSR count). The van der Waals surface area contributed by atoms with Gasteiger partial charge in [-0.05, 0) is 56.9 Å². The number of nitrogens with one attached hydrogen (secondary N) is 1. The molecule has 1 aliphatic heterocycles. The molecule has 1 N–H and O–H groups in total. The first-order valence-corrected chi connectivity index (χ1v) is 7.50. The maximum Gasteiger partial charge on any atom is 0.271 e. The minimum Gasteiger partial charge on any atom is -0.382 e. The van der Waals surface area contributed by atoms with Crippen molar-refractivity contribution in [2.75, 3.05) is 26.0 Å². The Balaban J connectivity index is 2.29. The predicted molar refractivity (Wildman–Crippen MR) is 85.9 cm³/mol. The summed E-state index contributed by atoms with van der Waals surface area (Å²) in [6, 6.07) is 5.58. The van der Waals surface area contributed by atoms with E-state index in [4.69, 9.17) is 0 Å². The molecule has 0 spiro atoms. The number of hydrogen-bond acceptors (Lipinski definition) is 4. The van der Waals surface area contributed by atoms with Crippen LogP contribution in [0.5, 0.6) is 0 Å². The minimum absolute atomic E-state index is 0.0460. The monoisotopic (exact) mass is 291 g/mol. The Kier molecular flexibility index (Phi) is 4.52. The Labute approximate surface area is 126 Å². The molecule has 116 valence electrons. The van der Waals surface area contributed by atoms with Crippen LogP contribution in [0, 0.1) is 10.1 Å². The van der Waals surface area contributed by atoms with Crippen LogP contribution in [0.3, 0.4) is 0 Å². The summed E-state index contributed by atoms with van der Waals surface area (Å²) in [5, 5.41) is 14.5. The van der Waals surface area contributed by atoms with E-state index in [0.29, 0.717) is 6.04 Å². The van der Waals surface area contributed by atoms with E-state index >= 15 is 0 Å². The lowest BCUT2D eigenvalue weighted by atomic mass is 9.80. The number of nitro benzene ring substituents is 1. The number of benzene rings is 1. The van der Waals surface area contributed by atoms with Gasteiger partial charge < -0.3 is 10.2 Å². The van der Waals surface area contributed by atoms with Gasteiger partial charge in [0.15, 0.2) is 0 Å². The van der Waals surface area contributed by atoms with Gasteiger partial charge in [0, 0.05) is 23.9 Å². The molecular weight excluding hydrogens is 266 g/mol. The molecule has 0 aromatic heterocycles. The van der Waals surface area contributed by atoms with E-state index in [1.807, 2.05) is 6.07 Å². The van der Waals surface area contributed by atoms with Crippen molar-refractivity contribution in [2.45, 2.75) is 44.6 Å². The fourth-order valence-corrected chi connectivity index (χ4v) is 2.95. The highest BCUT2D eigenvalue weighted by Crippen LogP contribution is 2.39. The number of nitrogens with zero attached hydrogens (tertiary/aromatic N) is 2. The average molecular weight is 291 g/mol. The Morgan fingerprint density at radius 2 is 2.14 bits per heavy atom. The molecule has 5 nitrogen and oxygen atoms in total. The largest absolute Gasteiger partial charge is 0.382 e. The smallest absolute Gasteiger partial charge is 0.271 e. The van der Waals surface area contributed by atoms with E-state index in [9.17, 15) is 10.1 Å². The fourth-order valence-electron chi connectivity index (χ4n) is 2.95. The zero-order valence-corrected chi connectivity index (χ0v) is 13.3. The molecule has 0 fully saturated rings. The van der Waals surface area contributed by atoms with Crippen molar-refractivity contribution in [1.29, 1.82) is 0 Å². The van der Waals surface area contributed by atoms with Crippen LogP contribution in [-0.2, 0) is 5.41 Å². The van der Waals surface area contributed by atoms with Crippen molar-refractivity contribution < 1.29 is 4.92 Å². The minimum atomic E-state index is -0.325. The maximum absolute atomic E-state index is 11.0. The van der Waals surface area contributed by atoms with Crippen molar-refractivity contribution in [3.63, 3.8) is 0 Å². The normalized spacial score (nSPS) is 20.5. The molecule has 1 aromatic rings. The highest BCUT2D eigenvalue weighted by atomic mass is 16.6. The maximum atomic E-state index is 11.0. The van der Waals surface area contributed by atoms with Gasteiger partial charge in [0.25, 0.3) is 5.69 Å². The number of rotatable bonds is 4. The third kappa shape index (κ3) is 3.73. The fraction of sp³-hybridized carbons (Fsp3) is 0.625. The molecule has 0 aliphatic carbocycles. The molecule has 0 saturated carbocycles. The second kappa shape index (κ2) is 6.02. The van der Waals surface area contributed by atoms with Crippen LogP contribution >= 0.6 is 0 Å². The lowest BCUT2D eigenvalue weighted by Gasteiger charge is -2.24. The van der Waals surface area contributed by atoms with Crippen molar-refractivity contribution in [2.24, 2.45) is 0 Å². The molecule has 1 atom stereocenters. The molecular formula is C16H25N3O2. The van der Waals surface area contributed by atoms with Crippen LogP contribution in [0.1, 0.15) is 38.7 Å². The lowest BCUT2D eigenvalue weighted by Crippen LogP contribution is -2.25. The summed E-state index contributed by atoms with van der Waals surface area (Å²) in [4.78, 5) is 12.8. The van der Waals surface area contributed by atoms with Crippen molar-refractivity contribution >= 4 is 11.4 Å². The van der Waals surface area contributed by atoms with Gasteiger partial charge in [0.05, 0.1) is 4.92 Å². The SMILES string of the molecule is CN(C)CCC1CCC(C)(C)c2ccc([N+](=O)[O-])cc2N1. The number of nitro groups is 1. The van der Waals surface area contributed by atoms with E-state index in [1.54, 1.807) is 12.1 Å². The third-order valence-corrected chi connectivity index (χ3v) is 4.35. The highest BCUT2D eigenvalue weighted by molar-refractivity contribution is 5.61. The summed E-state index contributed by atoms with van der Waals surface area (Å²) in [6.45, 7) is 5.45. The Hall–Kier alpha value is -1.62. The van der Waals surface area contributed by atoms with Gasteiger partial charge in [-0.2, -0.15) is 0 Å². The summed E-state index contributed by atoms with van der Waals surface area (Å²) in [6.07, 6.45) is 3.22. The topological polar surface area (TPSA) is 58.4 Å². The molecule has 1 aromatic carbocycles. The summed E-state index contributed by atoms with van der Waals surface area (Å²) >= 11 is 0. The van der Waals surface area contributed by atoms with Gasteiger partial charge in [-0.1, -0.05) is 13.8 Å². The first-order valence-electron chi connectivity index (χ1n) is 7.50. The van der Waals surface area contributed by atoms with Crippen LogP contribution in [0.25, 0.3) is 0 Å². The van der Waals surface area contributed by atoms with Crippen molar-refractivity contribution in [3.05, 3.63) is 33.9 Å². The number of hydrogen-bond donors (Lipinski definition) is 1. The third-order valence-electron chi connectivity index (χ3n) is 4.35. The van der Waals surface area contributed by atoms with Crippen LogP contribution < -0.4 is 5.32 Å². The lowest BCUT2D eigenvalue weighted by molar-refractivity contribution is -0.384. The van der Waals surface area contributed by atoms with E-state index in [2.05, 4.69) is 38.2 Å². The van der Waals surface area contributed by atoms with Crippen molar-refractivity contribution in [1.82, 2.24) is 4.90 Å². The Bertz CT molecular complexity index is 526. The summed E-state index contributed by atoms with van der Waals surface area (Å²) in [5.41, 5.74) is 2.31. The molecule has 1 unspecified atom stereocenters. The van der Waals surface area contributed by atoms with E-state index in [0.717, 1.165) is 31.5 Å². The molecule has 5 heteroatoms. The second-order valence-corrected chi connectivity index (χ2v) is 6.84. The van der Waals surface area contributed by atoms with Gasteiger partial charge in [0.1, 0.15) is 0 Å². The standard InChI is InChI=1S/C16H25N3O2/c1-16(2)9-7-12(8-10-18(3)4)17-15-11-13(19(20)21)5-6-14(15)16/h5-6,11-12,17H,7-10H2,1-4H3. The van der Waals surface area contributed by atoms with Gasteiger partial charge in [0.2, 0.25) is 0 Å². The van der Waals surface area contributed by atoms with Gasteiger partial charge in [-0.3, -0.25) is 10.1 Å². The number of fused-ring (bicyclic) bond motifs is 1. The van der Waals surface area contributed by atoms with Gasteiger partial charge in [-0.15, -0.1) is 0 Å². The zero-order chi connectivity index (χ0) is 15.6. The van der Waals surface area contributed by atoms with Crippen LogP contribution in [0.2, 0.25) is 0 Å². The molecule has 0 saturated heterocycles. The van der Waals surface area contributed by atoms with E-state index in [-0.39, 0.29) is 16.0 Å². The molecule has 1 aliphatic rings. The molecule has 1 heterocycles. The van der Waals surface area contributed by atoms with Crippen molar-refractivity contribution in [3.8, 4) is 0 Å². The number of anilines is 1. The molecule has 0 bridgehead atoms. The van der Waals surface area contributed by atoms with Crippen LogP contribution in [0.4, 0.5) is 11.4 Å². The van der Waals surface area contributed by atoms with E-state index < -0.39 is 0 Å². The van der Waals surface area contributed by atoms with Gasteiger partial charge in [-0.25, -0.2) is 0 Å². The average Bonchev–Trinajstić information content (AvgIpc) is 2.53. The Morgan fingerprint density at radius 1 is 1.43 bits per heavy atom. The summed E-state index contributed by atoms with van der Waals surface area (Å²) in [5.74, 6) is 0. The number of non-ortho nitro benzene ring substituents is 1. The van der Waals surface area contributed by atoms with Crippen LogP contribution in [0.15, 0.2) is 18.2 Å². The summed E-state index contributed by atoms with van der Waals surface area (Å²) in [7, 11) is 4.14. The zero-order valence-electron chi connectivity index (χ0n) is 13.3. The Morgan fingerprint density at radius 3 is 2.76 bits per heavy atom. The van der Waals surface area contributed by atoms with Gasteiger partial charge >= 0.3 is 0 Å². The molecule has 0 amide bonds. The first-order chi connectivity index (χ1) is 9.79. The predicted octanol–water partition coefficient (Wildman–Crippen LogP) is 3.40. The van der Waals surface area contributed by atoms with E-state index in [1.165, 1.54) is 5.56 Å². The summed E-state index contributed by atoms with van der Waals surface area (Å²) < 4.78 is 0. The quantitative estimate of drug-likeness (QED) is 0.682. The molecule has 21 heavy (non-hydrogen) atoms. The second-order valence-electron chi connectivity index (χ2n) is 6.84. The van der Waals surface area contributed by atoms with Crippen LogP contribution in [-0.4, -0.2) is 36.5 Å². The highest BCUT2D eigenvalue weighted by Gasteiger charge is 2.30. The first kappa shape index (κ1) is 15.8. The molecule has 0 radical (unpaired) electrons.